The number of amides is 1. The molecule has 0 aromatic rings. The van der Waals surface area contributed by atoms with E-state index in [9.17, 15) is 4.79 Å². The molecule has 1 atom stereocenters. The second kappa shape index (κ2) is 5.83. The summed E-state index contributed by atoms with van der Waals surface area (Å²) in [6.45, 7) is 9.18. The lowest BCUT2D eigenvalue weighted by Crippen LogP contribution is -2.49. The minimum absolute atomic E-state index is 0.0137. The van der Waals surface area contributed by atoms with Crippen LogP contribution in [0.25, 0.3) is 0 Å². The first-order chi connectivity index (χ1) is 7.84. The van der Waals surface area contributed by atoms with E-state index in [1.54, 1.807) is 0 Å². The van der Waals surface area contributed by atoms with Gasteiger partial charge >= 0.3 is 0 Å². The predicted octanol–water partition coefficient (Wildman–Crippen LogP) is 0.818. The van der Waals surface area contributed by atoms with Crippen molar-refractivity contribution in [1.82, 2.24) is 10.2 Å². The van der Waals surface area contributed by atoms with Gasteiger partial charge in [-0.05, 0) is 44.3 Å². The number of nitrogens with one attached hydrogen (secondary N) is 1. The van der Waals surface area contributed by atoms with Crippen molar-refractivity contribution in [3.63, 3.8) is 0 Å². The molecule has 0 saturated carbocycles. The maximum absolute atomic E-state index is 11.8. The zero-order valence-corrected chi connectivity index (χ0v) is 11.6. The quantitative estimate of drug-likeness (QED) is 0.766. The second-order valence-corrected chi connectivity index (χ2v) is 6.10. The van der Waals surface area contributed by atoms with E-state index in [0.29, 0.717) is 0 Å². The molecule has 0 aromatic heterocycles. The lowest BCUT2D eigenvalue weighted by atomic mass is 9.80. The van der Waals surface area contributed by atoms with Crippen LogP contribution in [0.15, 0.2) is 0 Å². The number of nitrogens with two attached hydrogens (primary N) is 1. The van der Waals surface area contributed by atoms with Gasteiger partial charge in [0.05, 0.1) is 6.04 Å². The van der Waals surface area contributed by atoms with Gasteiger partial charge in [-0.1, -0.05) is 20.8 Å². The van der Waals surface area contributed by atoms with E-state index in [1.165, 1.54) is 0 Å². The molecule has 0 aliphatic carbocycles. The maximum Gasteiger partial charge on any atom is 0.237 e. The van der Waals surface area contributed by atoms with Crippen LogP contribution in [0.1, 0.15) is 33.6 Å². The predicted molar refractivity (Wildman–Crippen MR) is 70.7 cm³/mol. The Kier molecular flexibility index (Phi) is 4.95. The highest BCUT2D eigenvalue weighted by molar-refractivity contribution is 5.81. The van der Waals surface area contributed by atoms with E-state index in [4.69, 9.17) is 5.73 Å². The normalized spacial score (nSPS) is 22.5. The number of hydrogen-bond acceptors (Lipinski definition) is 3. The van der Waals surface area contributed by atoms with Crippen molar-refractivity contribution in [3.05, 3.63) is 0 Å². The number of rotatable bonds is 4. The Balaban J connectivity index is 2.37. The van der Waals surface area contributed by atoms with Crippen molar-refractivity contribution in [1.29, 1.82) is 0 Å². The largest absolute Gasteiger partial charge is 0.354 e. The first-order valence-electron chi connectivity index (χ1n) is 6.56. The first-order valence-corrected chi connectivity index (χ1v) is 6.56. The lowest BCUT2D eigenvalue weighted by molar-refractivity contribution is -0.123. The molecule has 1 saturated heterocycles. The summed E-state index contributed by atoms with van der Waals surface area (Å²) in [7, 11) is 2.15. The number of nitrogens with zero attached hydrogens (tertiary/aromatic N) is 1. The van der Waals surface area contributed by atoms with Gasteiger partial charge < -0.3 is 16.0 Å². The Bertz CT molecular complexity index is 257. The molecule has 17 heavy (non-hydrogen) atoms. The molecule has 0 spiro atoms. The van der Waals surface area contributed by atoms with E-state index >= 15 is 0 Å². The van der Waals surface area contributed by atoms with Gasteiger partial charge in [0, 0.05) is 6.54 Å². The Morgan fingerprint density at radius 1 is 1.41 bits per heavy atom. The van der Waals surface area contributed by atoms with E-state index < -0.39 is 0 Å². The summed E-state index contributed by atoms with van der Waals surface area (Å²) in [4.78, 5) is 14.1. The molecule has 1 aliphatic heterocycles. The first kappa shape index (κ1) is 14.5. The van der Waals surface area contributed by atoms with Gasteiger partial charge in [-0.3, -0.25) is 4.79 Å². The van der Waals surface area contributed by atoms with E-state index in [1.807, 2.05) is 13.8 Å². The van der Waals surface area contributed by atoms with Crippen LogP contribution in [-0.2, 0) is 4.79 Å². The molecule has 0 bridgehead atoms. The third kappa shape index (κ3) is 4.28. The number of hydrogen-bond donors (Lipinski definition) is 2. The minimum Gasteiger partial charge on any atom is -0.354 e. The number of likely N-dealkylation sites (tertiary alicyclic amines) is 1. The third-order valence-corrected chi connectivity index (χ3v) is 3.90. The molecule has 3 N–H and O–H groups in total. The molecule has 0 aromatic carbocycles. The van der Waals surface area contributed by atoms with Crippen molar-refractivity contribution in [2.45, 2.75) is 39.7 Å². The molecule has 1 fully saturated rings. The van der Waals surface area contributed by atoms with E-state index in [-0.39, 0.29) is 23.3 Å². The van der Waals surface area contributed by atoms with Crippen molar-refractivity contribution < 1.29 is 4.79 Å². The van der Waals surface area contributed by atoms with Crippen molar-refractivity contribution in [2.24, 2.45) is 17.1 Å². The highest BCUT2D eigenvalue weighted by Gasteiger charge is 2.30. The van der Waals surface area contributed by atoms with Crippen molar-refractivity contribution in [2.75, 3.05) is 26.7 Å². The Labute approximate surface area is 105 Å². The lowest BCUT2D eigenvalue weighted by Gasteiger charge is -2.38. The third-order valence-electron chi connectivity index (χ3n) is 3.90. The molecule has 4 nitrogen and oxygen atoms in total. The van der Waals surface area contributed by atoms with Gasteiger partial charge in [-0.2, -0.15) is 0 Å². The SMILES string of the molecule is CC(C)[C@H](N)C(=O)NCC1(C)CCN(C)CC1. The highest BCUT2D eigenvalue weighted by atomic mass is 16.2. The fourth-order valence-corrected chi connectivity index (χ4v) is 2.06. The van der Waals surface area contributed by atoms with Gasteiger partial charge in [0.15, 0.2) is 0 Å². The van der Waals surface area contributed by atoms with Crippen LogP contribution in [0.5, 0.6) is 0 Å². The Hall–Kier alpha value is -0.610. The minimum atomic E-state index is -0.384. The van der Waals surface area contributed by atoms with Crippen LogP contribution >= 0.6 is 0 Å². The van der Waals surface area contributed by atoms with Gasteiger partial charge in [0.25, 0.3) is 0 Å². The van der Waals surface area contributed by atoms with Crippen LogP contribution in [0.4, 0.5) is 0 Å². The summed E-state index contributed by atoms with van der Waals surface area (Å²) in [5.74, 6) is 0.181. The topological polar surface area (TPSA) is 58.4 Å². The van der Waals surface area contributed by atoms with Gasteiger partial charge in [0.2, 0.25) is 5.91 Å². The summed E-state index contributed by atoms with van der Waals surface area (Å²) in [6.07, 6.45) is 2.28. The van der Waals surface area contributed by atoms with Crippen LogP contribution < -0.4 is 11.1 Å². The number of carbonyl (C=O) groups is 1. The molecule has 1 rings (SSSR count). The van der Waals surface area contributed by atoms with Crippen LogP contribution in [0.2, 0.25) is 0 Å². The molecule has 100 valence electrons. The Morgan fingerprint density at radius 3 is 2.41 bits per heavy atom. The molecular weight excluding hydrogens is 214 g/mol. The molecule has 1 aliphatic rings. The molecule has 1 heterocycles. The van der Waals surface area contributed by atoms with Crippen molar-refractivity contribution in [3.8, 4) is 0 Å². The highest BCUT2D eigenvalue weighted by Crippen LogP contribution is 2.29. The monoisotopic (exact) mass is 241 g/mol. The van der Waals surface area contributed by atoms with E-state index in [2.05, 4.69) is 24.2 Å². The molecule has 1 amide bonds. The number of carbonyl (C=O) groups excluding carboxylic acids is 1. The fourth-order valence-electron chi connectivity index (χ4n) is 2.06. The summed E-state index contributed by atoms with van der Waals surface area (Å²) < 4.78 is 0. The molecular formula is C13H27N3O. The van der Waals surface area contributed by atoms with Gasteiger partial charge in [-0.15, -0.1) is 0 Å². The van der Waals surface area contributed by atoms with Gasteiger partial charge in [0.1, 0.15) is 0 Å². The average molecular weight is 241 g/mol. The summed E-state index contributed by atoms with van der Waals surface area (Å²) in [6, 6.07) is -0.384. The summed E-state index contributed by atoms with van der Waals surface area (Å²) in [5, 5.41) is 3.01. The van der Waals surface area contributed by atoms with E-state index in [0.717, 1.165) is 32.5 Å². The van der Waals surface area contributed by atoms with Gasteiger partial charge in [-0.25, -0.2) is 0 Å². The molecule has 0 radical (unpaired) electrons. The second-order valence-electron chi connectivity index (χ2n) is 6.10. The standard InChI is InChI=1S/C13H27N3O/c1-10(2)11(14)12(17)15-9-13(3)5-7-16(4)8-6-13/h10-11H,5-9,14H2,1-4H3,(H,15,17)/t11-/m0/s1. The van der Waals surface area contributed by atoms with Crippen LogP contribution in [-0.4, -0.2) is 43.5 Å². The number of piperidine rings is 1. The average Bonchev–Trinajstić information content (AvgIpc) is 2.29. The summed E-state index contributed by atoms with van der Waals surface area (Å²) >= 11 is 0. The molecule has 4 heteroatoms. The van der Waals surface area contributed by atoms with Crippen molar-refractivity contribution >= 4 is 5.91 Å². The molecule has 0 unspecified atom stereocenters. The Morgan fingerprint density at radius 2 is 1.94 bits per heavy atom. The fraction of sp³-hybridized carbons (Fsp3) is 0.923. The zero-order chi connectivity index (χ0) is 13.1. The smallest absolute Gasteiger partial charge is 0.237 e. The van der Waals surface area contributed by atoms with Crippen LogP contribution in [0.3, 0.4) is 0 Å². The summed E-state index contributed by atoms with van der Waals surface area (Å²) in [5.41, 5.74) is 6.06. The van der Waals surface area contributed by atoms with Crippen LogP contribution in [0, 0.1) is 11.3 Å². The maximum atomic E-state index is 11.8. The zero-order valence-electron chi connectivity index (χ0n) is 11.6.